The normalized spacial score (nSPS) is 10.5. The molecule has 4 nitrogen and oxygen atoms in total. The van der Waals surface area contributed by atoms with E-state index in [0.717, 1.165) is 6.67 Å². The Morgan fingerprint density at radius 3 is 1.23 bits per heavy atom. The van der Waals surface area contributed by atoms with Crippen molar-refractivity contribution in [3.63, 3.8) is 0 Å². The quantitative estimate of drug-likeness (QED) is 0.186. The van der Waals surface area contributed by atoms with Gasteiger partial charge in [-0.05, 0) is 63.8 Å². The standard InChI is InChI=1S/C25H30N4.2HI/c1-18-11-20(3)24(21(4)12-18)28-9-7-26(16-28)15-27-8-10-29(17-27)25-22(5)13-19(2)14-23(25)6;;/h7-14,16-17H,15H2,1-6H3;2*1H/q+2;;/p-2. The van der Waals surface area contributed by atoms with E-state index in [4.69, 9.17) is 0 Å². The molecule has 31 heavy (non-hydrogen) atoms. The van der Waals surface area contributed by atoms with Crippen molar-refractivity contribution >= 4 is 0 Å². The maximum Gasteiger partial charge on any atom is 0.252 e. The molecule has 6 heteroatoms. The van der Waals surface area contributed by atoms with Crippen LogP contribution in [0.25, 0.3) is 11.4 Å². The van der Waals surface area contributed by atoms with E-state index >= 15 is 0 Å². The monoisotopic (exact) mass is 640 g/mol. The summed E-state index contributed by atoms with van der Waals surface area (Å²) in [5.41, 5.74) is 10.3. The highest BCUT2D eigenvalue weighted by Crippen LogP contribution is 2.21. The van der Waals surface area contributed by atoms with Gasteiger partial charge in [0, 0.05) is 0 Å². The molecule has 0 unspecified atom stereocenters. The highest BCUT2D eigenvalue weighted by atomic mass is 127. The summed E-state index contributed by atoms with van der Waals surface area (Å²) in [5, 5.41) is 0. The second kappa shape index (κ2) is 10.3. The molecule has 0 N–H and O–H groups in total. The molecular formula is C25H30I2N4. The predicted molar refractivity (Wildman–Crippen MR) is 116 cm³/mol. The van der Waals surface area contributed by atoms with Crippen LogP contribution in [0.2, 0.25) is 0 Å². The number of benzene rings is 2. The van der Waals surface area contributed by atoms with E-state index in [-0.39, 0.29) is 48.0 Å². The predicted octanol–water partition coefficient (Wildman–Crippen LogP) is -1.79. The molecule has 0 amide bonds. The van der Waals surface area contributed by atoms with Crippen LogP contribution in [0.3, 0.4) is 0 Å². The van der Waals surface area contributed by atoms with E-state index < -0.39 is 0 Å². The Bertz CT molecular complexity index is 1060. The van der Waals surface area contributed by atoms with Crippen molar-refractivity contribution < 1.29 is 57.1 Å². The van der Waals surface area contributed by atoms with Crippen molar-refractivity contribution in [3.05, 3.63) is 95.1 Å². The maximum atomic E-state index is 2.24. The van der Waals surface area contributed by atoms with Crippen molar-refractivity contribution in [1.82, 2.24) is 9.13 Å². The van der Waals surface area contributed by atoms with Gasteiger partial charge >= 0.3 is 0 Å². The van der Waals surface area contributed by atoms with Crippen molar-refractivity contribution in [2.75, 3.05) is 0 Å². The number of halogens is 2. The Morgan fingerprint density at radius 1 is 0.581 bits per heavy atom. The molecule has 0 fully saturated rings. The summed E-state index contributed by atoms with van der Waals surface area (Å²) in [4.78, 5) is 0. The number of nitrogens with zero attached hydrogens (tertiary/aromatic N) is 4. The second-order valence-corrected chi connectivity index (χ2v) is 8.31. The molecule has 4 aromatic rings. The van der Waals surface area contributed by atoms with Gasteiger partial charge in [-0.25, -0.2) is 9.13 Å². The lowest BCUT2D eigenvalue weighted by molar-refractivity contribution is -0.912. The lowest BCUT2D eigenvalue weighted by Gasteiger charge is -2.07. The Morgan fingerprint density at radius 2 is 0.903 bits per heavy atom. The second-order valence-electron chi connectivity index (χ2n) is 8.31. The van der Waals surface area contributed by atoms with Crippen molar-refractivity contribution in [1.29, 1.82) is 0 Å². The van der Waals surface area contributed by atoms with Gasteiger partial charge in [-0.15, -0.1) is 0 Å². The number of rotatable bonds is 4. The molecule has 0 aliphatic heterocycles. The zero-order valence-corrected chi connectivity index (χ0v) is 23.3. The summed E-state index contributed by atoms with van der Waals surface area (Å²) in [6.45, 7) is 13.8. The molecule has 0 bridgehead atoms. The molecule has 0 spiro atoms. The first-order valence-corrected chi connectivity index (χ1v) is 10.1. The lowest BCUT2D eigenvalue weighted by atomic mass is 10.1. The van der Waals surface area contributed by atoms with E-state index in [1.807, 2.05) is 0 Å². The van der Waals surface area contributed by atoms with Crippen LogP contribution in [0.15, 0.2) is 61.7 Å². The van der Waals surface area contributed by atoms with Crippen molar-refractivity contribution in [2.45, 2.75) is 48.2 Å². The molecule has 2 aromatic heterocycles. The molecular weight excluding hydrogens is 610 g/mol. The fourth-order valence-corrected chi connectivity index (χ4v) is 4.57. The molecule has 0 saturated heterocycles. The Hall–Kier alpha value is -1.68. The number of aryl methyl sites for hydroxylation is 6. The summed E-state index contributed by atoms with van der Waals surface area (Å²) in [7, 11) is 0. The molecule has 4 rings (SSSR count). The Kier molecular flexibility index (Phi) is 8.49. The van der Waals surface area contributed by atoms with E-state index in [1.54, 1.807) is 0 Å². The van der Waals surface area contributed by atoms with Crippen LogP contribution in [-0.2, 0) is 6.67 Å². The number of hydrogen-bond acceptors (Lipinski definition) is 0. The first kappa shape index (κ1) is 25.6. The zero-order chi connectivity index (χ0) is 20.7. The fourth-order valence-electron chi connectivity index (χ4n) is 4.57. The van der Waals surface area contributed by atoms with Crippen LogP contribution in [0, 0.1) is 41.5 Å². The molecule has 0 aliphatic carbocycles. The van der Waals surface area contributed by atoms with Gasteiger partial charge in [-0.3, -0.25) is 0 Å². The van der Waals surface area contributed by atoms with Crippen LogP contribution in [-0.4, -0.2) is 9.13 Å². The number of aromatic nitrogens is 4. The van der Waals surface area contributed by atoms with Gasteiger partial charge in [0.25, 0.3) is 12.7 Å². The minimum Gasteiger partial charge on any atom is -1.00 e. The minimum absolute atomic E-state index is 0. The summed E-state index contributed by atoms with van der Waals surface area (Å²) in [6, 6.07) is 8.98. The van der Waals surface area contributed by atoms with Gasteiger partial charge in [0.1, 0.15) is 36.2 Å². The van der Waals surface area contributed by atoms with E-state index in [0.29, 0.717) is 0 Å². The summed E-state index contributed by atoms with van der Waals surface area (Å²) >= 11 is 0. The molecule has 0 aliphatic rings. The fraction of sp³-hybridized carbons (Fsp3) is 0.280. The Balaban J connectivity index is 0.00000171. The first-order valence-electron chi connectivity index (χ1n) is 10.1. The number of imidazole rings is 2. The molecule has 2 heterocycles. The maximum absolute atomic E-state index is 2.24. The van der Waals surface area contributed by atoms with Crippen LogP contribution in [0.4, 0.5) is 0 Å². The first-order chi connectivity index (χ1) is 13.8. The molecule has 2 aromatic carbocycles. The van der Waals surface area contributed by atoms with Crippen LogP contribution in [0.5, 0.6) is 0 Å². The van der Waals surface area contributed by atoms with Gasteiger partial charge in [-0.2, -0.15) is 9.13 Å². The Labute approximate surface area is 219 Å². The lowest BCUT2D eigenvalue weighted by Crippen LogP contribution is -3.00. The van der Waals surface area contributed by atoms with Crippen molar-refractivity contribution in [3.8, 4) is 11.4 Å². The average molecular weight is 640 g/mol. The van der Waals surface area contributed by atoms with Crippen LogP contribution < -0.4 is 57.1 Å². The third-order valence-corrected chi connectivity index (χ3v) is 5.50. The highest BCUT2D eigenvalue weighted by Gasteiger charge is 2.16. The molecule has 164 valence electrons. The summed E-state index contributed by atoms with van der Waals surface area (Å²) in [5.74, 6) is 0. The van der Waals surface area contributed by atoms with Gasteiger partial charge in [0.15, 0.2) is 0 Å². The topological polar surface area (TPSA) is 17.6 Å². The summed E-state index contributed by atoms with van der Waals surface area (Å²) in [6.07, 6.45) is 12.9. The largest absolute Gasteiger partial charge is 1.00 e. The van der Waals surface area contributed by atoms with E-state index in [2.05, 4.69) is 122 Å². The minimum atomic E-state index is 0. The van der Waals surface area contributed by atoms with Gasteiger partial charge in [0.2, 0.25) is 6.67 Å². The van der Waals surface area contributed by atoms with Crippen LogP contribution >= 0.6 is 0 Å². The highest BCUT2D eigenvalue weighted by molar-refractivity contribution is 5.49. The summed E-state index contributed by atoms with van der Waals surface area (Å²) < 4.78 is 8.85. The molecule has 0 radical (unpaired) electrons. The smallest absolute Gasteiger partial charge is 0.252 e. The van der Waals surface area contributed by atoms with E-state index in [1.165, 1.54) is 44.8 Å². The van der Waals surface area contributed by atoms with E-state index in [9.17, 15) is 0 Å². The SMILES string of the molecule is Cc1cc(C)c(-n2cc[n+](C[n+]3ccn(-c4c(C)cc(C)cc4C)c3)c2)c(C)c1.[I-].[I-]. The number of hydrogen-bond donors (Lipinski definition) is 0. The van der Waals surface area contributed by atoms with Gasteiger partial charge < -0.3 is 48.0 Å². The van der Waals surface area contributed by atoms with Crippen molar-refractivity contribution in [2.24, 2.45) is 0 Å². The third-order valence-electron chi connectivity index (χ3n) is 5.50. The third kappa shape index (κ3) is 5.39. The van der Waals surface area contributed by atoms with Crippen LogP contribution in [0.1, 0.15) is 33.4 Å². The van der Waals surface area contributed by atoms with Gasteiger partial charge in [0.05, 0.1) is 0 Å². The molecule has 0 saturated carbocycles. The van der Waals surface area contributed by atoms with Gasteiger partial charge in [-0.1, -0.05) is 35.4 Å². The zero-order valence-electron chi connectivity index (χ0n) is 19.0. The average Bonchev–Trinajstić information content (AvgIpc) is 3.23. The molecule has 0 atom stereocenters.